The van der Waals surface area contributed by atoms with Gasteiger partial charge in [0, 0.05) is 18.6 Å². The van der Waals surface area contributed by atoms with E-state index in [0.717, 1.165) is 0 Å². The van der Waals surface area contributed by atoms with Crippen LogP contribution in [0.5, 0.6) is 0 Å². The third kappa shape index (κ3) is 6.33. The number of carbonyl (C=O) groups excluding carboxylic acids is 2. The molecule has 6 nitrogen and oxygen atoms in total. The fraction of sp³-hybridized carbons (Fsp3) is 0.438. The molecule has 23 heavy (non-hydrogen) atoms. The molecule has 1 aromatic rings. The largest absolute Gasteiger partial charge is 0.396 e. The summed E-state index contributed by atoms with van der Waals surface area (Å²) < 4.78 is 0. The van der Waals surface area contributed by atoms with E-state index in [1.54, 1.807) is 45.0 Å². The summed E-state index contributed by atoms with van der Waals surface area (Å²) in [6.45, 7) is 5.76. The molecule has 0 spiro atoms. The van der Waals surface area contributed by atoms with Crippen LogP contribution in [-0.2, 0) is 4.79 Å². The number of amides is 2. The minimum Gasteiger partial charge on any atom is -0.396 e. The molecular weight excluding hydrogens is 314 g/mol. The summed E-state index contributed by atoms with van der Waals surface area (Å²) in [5.41, 5.74) is 0.360. The first-order valence-electron chi connectivity index (χ1n) is 7.36. The number of aliphatic hydroxyl groups excluding tert-OH is 1. The Morgan fingerprint density at radius 2 is 1.87 bits per heavy atom. The Labute approximate surface area is 141 Å². The SMILES string of the molecule is CC(C)(C)C(=O)NC(=S)Nc1ccccc1C(=O)NCCCO. The molecule has 0 aliphatic carbocycles. The second-order valence-electron chi connectivity index (χ2n) is 6.04. The molecule has 0 bridgehead atoms. The summed E-state index contributed by atoms with van der Waals surface area (Å²) in [6.07, 6.45) is 0.487. The van der Waals surface area contributed by atoms with E-state index in [9.17, 15) is 9.59 Å². The Balaban J connectivity index is 2.75. The van der Waals surface area contributed by atoms with Crippen molar-refractivity contribution in [2.75, 3.05) is 18.5 Å². The van der Waals surface area contributed by atoms with Crippen molar-refractivity contribution in [2.45, 2.75) is 27.2 Å². The average molecular weight is 337 g/mol. The number of thiocarbonyl (C=S) groups is 1. The highest BCUT2D eigenvalue weighted by Gasteiger charge is 2.22. The number of para-hydroxylation sites is 1. The predicted molar refractivity (Wildman–Crippen MR) is 94.3 cm³/mol. The van der Waals surface area contributed by atoms with Crippen molar-refractivity contribution in [3.63, 3.8) is 0 Å². The van der Waals surface area contributed by atoms with Crippen LogP contribution in [0.15, 0.2) is 24.3 Å². The molecule has 0 radical (unpaired) electrons. The molecule has 0 fully saturated rings. The molecule has 0 aliphatic heterocycles. The van der Waals surface area contributed by atoms with Crippen molar-refractivity contribution in [2.24, 2.45) is 5.41 Å². The summed E-state index contributed by atoms with van der Waals surface area (Å²) >= 11 is 5.13. The van der Waals surface area contributed by atoms with Crippen molar-refractivity contribution in [1.82, 2.24) is 10.6 Å². The maximum atomic E-state index is 12.1. The van der Waals surface area contributed by atoms with Crippen LogP contribution in [0, 0.1) is 5.41 Å². The summed E-state index contributed by atoms with van der Waals surface area (Å²) in [4.78, 5) is 24.1. The van der Waals surface area contributed by atoms with Gasteiger partial charge in [-0.2, -0.15) is 0 Å². The highest BCUT2D eigenvalue weighted by Crippen LogP contribution is 2.16. The summed E-state index contributed by atoms with van der Waals surface area (Å²) in [5, 5.41) is 17.1. The third-order valence-corrected chi connectivity index (χ3v) is 3.15. The van der Waals surface area contributed by atoms with Crippen LogP contribution >= 0.6 is 12.2 Å². The van der Waals surface area contributed by atoms with Crippen LogP contribution in [-0.4, -0.2) is 35.2 Å². The van der Waals surface area contributed by atoms with Crippen molar-refractivity contribution in [1.29, 1.82) is 0 Å². The van der Waals surface area contributed by atoms with Crippen LogP contribution < -0.4 is 16.0 Å². The zero-order chi connectivity index (χ0) is 17.5. The highest BCUT2D eigenvalue weighted by molar-refractivity contribution is 7.80. The zero-order valence-electron chi connectivity index (χ0n) is 13.6. The molecule has 1 aromatic carbocycles. The molecule has 0 atom stereocenters. The van der Waals surface area contributed by atoms with Gasteiger partial charge in [-0.3, -0.25) is 9.59 Å². The van der Waals surface area contributed by atoms with E-state index in [1.165, 1.54) is 0 Å². The lowest BCUT2D eigenvalue weighted by molar-refractivity contribution is -0.126. The molecule has 4 N–H and O–H groups in total. The Morgan fingerprint density at radius 3 is 2.48 bits per heavy atom. The smallest absolute Gasteiger partial charge is 0.253 e. The van der Waals surface area contributed by atoms with Gasteiger partial charge >= 0.3 is 0 Å². The number of anilines is 1. The predicted octanol–water partition coefficient (Wildman–Crippen LogP) is 1.66. The topological polar surface area (TPSA) is 90.5 Å². The first-order chi connectivity index (χ1) is 10.8. The van der Waals surface area contributed by atoms with Crippen LogP contribution in [0.2, 0.25) is 0 Å². The van der Waals surface area contributed by atoms with Gasteiger partial charge in [0.15, 0.2) is 5.11 Å². The van der Waals surface area contributed by atoms with Crippen LogP contribution in [0.1, 0.15) is 37.6 Å². The van der Waals surface area contributed by atoms with Crippen LogP contribution in [0.3, 0.4) is 0 Å². The summed E-state index contributed by atoms with van der Waals surface area (Å²) in [6, 6.07) is 6.87. The second-order valence-corrected chi connectivity index (χ2v) is 6.45. The van der Waals surface area contributed by atoms with Crippen molar-refractivity contribution < 1.29 is 14.7 Å². The number of hydrogen-bond donors (Lipinski definition) is 4. The lowest BCUT2D eigenvalue weighted by Gasteiger charge is -2.19. The fourth-order valence-electron chi connectivity index (χ4n) is 1.61. The maximum absolute atomic E-state index is 12.1. The first kappa shape index (κ1) is 19.1. The van der Waals surface area contributed by atoms with E-state index in [-0.39, 0.29) is 23.5 Å². The molecule has 0 aliphatic rings. The number of aliphatic hydroxyl groups is 1. The molecule has 0 heterocycles. The lowest BCUT2D eigenvalue weighted by Crippen LogP contribution is -2.41. The van der Waals surface area contributed by atoms with Crippen LogP contribution in [0.25, 0.3) is 0 Å². The van der Waals surface area contributed by atoms with Gasteiger partial charge in [0.25, 0.3) is 5.91 Å². The van der Waals surface area contributed by atoms with Gasteiger partial charge < -0.3 is 21.1 Å². The Bertz CT molecular complexity index is 582. The molecule has 7 heteroatoms. The molecule has 0 saturated heterocycles. The number of benzene rings is 1. The Morgan fingerprint density at radius 1 is 1.22 bits per heavy atom. The zero-order valence-corrected chi connectivity index (χ0v) is 14.4. The normalized spacial score (nSPS) is 10.8. The van der Waals surface area contributed by atoms with E-state index in [2.05, 4.69) is 16.0 Å². The van der Waals surface area contributed by atoms with Crippen molar-refractivity contribution in [3.8, 4) is 0 Å². The first-order valence-corrected chi connectivity index (χ1v) is 7.77. The van der Waals surface area contributed by atoms with E-state index in [0.29, 0.717) is 24.2 Å². The standard InChI is InChI=1S/C16H23N3O3S/c1-16(2,3)14(22)19-15(23)18-12-8-5-4-7-11(12)13(21)17-9-6-10-20/h4-5,7-8,20H,6,9-10H2,1-3H3,(H,17,21)(H2,18,19,22,23). The monoisotopic (exact) mass is 337 g/mol. The molecule has 1 rings (SSSR count). The van der Waals surface area contributed by atoms with E-state index in [1.807, 2.05) is 0 Å². The minimum absolute atomic E-state index is 0.0170. The minimum atomic E-state index is -0.563. The van der Waals surface area contributed by atoms with Crippen molar-refractivity contribution >= 4 is 34.8 Å². The Kier molecular flexibility index (Phi) is 7.12. The molecular formula is C16H23N3O3S. The molecule has 126 valence electrons. The quantitative estimate of drug-likeness (QED) is 0.485. The van der Waals surface area contributed by atoms with E-state index in [4.69, 9.17) is 17.3 Å². The molecule has 0 aromatic heterocycles. The van der Waals surface area contributed by atoms with Crippen LogP contribution in [0.4, 0.5) is 5.69 Å². The highest BCUT2D eigenvalue weighted by atomic mass is 32.1. The second kappa shape index (κ2) is 8.59. The maximum Gasteiger partial charge on any atom is 0.253 e. The van der Waals surface area contributed by atoms with Gasteiger partial charge in [-0.05, 0) is 30.8 Å². The van der Waals surface area contributed by atoms with Gasteiger partial charge in [-0.25, -0.2) is 0 Å². The number of hydrogen-bond acceptors (Lipinski definition) is 4. The van der Waals surface area contributed by atoms with Crippen molar-refractivity contribution in [3.05, 3.63) is 29.8 Å². The van der Waals surface area contributed by atoms with Gasteiger partial charge in [0.05, 0.1) is 11.3 Å². The third-order valence-electron chi connectivity index (χ3n) is 2.95. The molecule has 2 amide bonds. The average Bonchev–Trinajstić information content (AvgIpc) is 2.46. The fourth-order valence-corrected chi connectivity index (χ4v) is 1.81. The Hall–Kier alpha value is -1.99. The number of nitrogens with one attached hydrogen (secondary N) is 3. The number of rotatable bonds is 5. The summed E-state index contributed by atoms with van der Waals surface area (Å²) in [7, 11) is 0. The lowest BCUT2D eigenvalue weighted by atomic mass is 9.96. The van der Waals surface area contributed by atoms with E-state index < -0.39 is 5.41 Å². The van der Waals surface area contributed by atoms with Gasteiger partial charge in [-0.15, -0.1) is 0 Å². The molecule has 0 saturated carbocycles. The van der Waals surface area contributed by atoms with E-state index >= 15 is 0 Å². The molecule has 0 unspecified atom stereocenters. The summed E-state index contributed by atoms with van der Waals surface area (Å²) in [5.74, 6) is -0.480. The van der Waals surface area contributed by atoms with Gasteiger partial charge in [0.2, 0.25) is 5.91 Å². The van der Waals surface area contributed by atoms with Gasteiger partial charge in [-0.1, -0.05) is 32.9 Å². The van der Waals surface area contributed by atoms with Gasteiger partial charge in [0.1, 0.15) is 0 Å². The number of carbonyl (C=O) groups is 2.